The smallest absolute Gasteiger partial charge is 0.412 e. The molecule has 49 heavy (non-hydrogen) atoms. The van der Waals surface area contributed by atoms with E-state index in [0.29, 0.717) is 23.5 Å². The fourth-order valence-corrected chi connectivity index (χ4v) is 7.49. The fraction of sp³-hybridized carbons (Fsp3) is 0.459. The zero-order chi connectivity index (χ0) is 36.1. The van der Waals surface area contributed by atoms with Crippen LogP contribution in [0.5, 0.6) is 11.5 Å². The van der Waals surface area contributed by atoms with Gasteiger partial charge in [0.15, 0.2) is 0 Å². The van der Waals surface area contributed by atoms with Crippen molar-refractivity contribution in [2.45, 2.75) is 89.9 Å². The first-order valence-corrected chi connectivity index (χ1v) is 17.7. The standard InChI is InChI=1S/C37H48N2O9S/c1-25(2)22-38(49(43,44)30-19-17-28(45-8)18-20-30)23-33-32(39(37(6,7)47-33)35(42)48-36(3,4)5)21-26-13-15-29(16-14-26)46-24-27-11-9-10-12-31(27)34(40)41/h9-20,25,32-33H,21-24H2,1-8H3,(H,40,41)/t32-,33+/m0/s1. The summed E-state index contributed by atoms with van der Waals surface area (Å²) in [6, 6.07) is 19.7. The Morgan fingerprint density at radius 1 is 0.980 bits per heavy atom. The van der Waals surface area contributed by atoms with E-state index in [1.807, 2.05) is 26.0 Å². The maximum Gasteiger partial charge on any atom is 0.412 e. The molecular weight excluding hydrogens is 648 g/mol. The predicted molar refractivity (Wildman–Crippen MR) is 185 cm³/mol. The first kappa shape index (κ1) is 37.7. The largest absolute Gasteiger partial charge is 0.497 e. The minimum Gasteiger partial charge on any atom is -0.497 e. The van der Waals surface area contributed by atoms with Crippen molar-refractivity contribution >= 4 is 22.1 Å². The number of sulfonamides is 1. The Balaban J connectivity index is 1.63. The lowest BCUT2D eigenvalue weighted by molar-refractivity contribution is -0.0807. The molecule has 1 aliphatic rings. The quantitative estimate of drug-likeness (QED) is 0.210. The second-order valence-corrected chi connectivity index (χ2v) is 15.9. The number of benzene rings is 3. The molecule has 0 unspecified atom stereocenters. The van der Waals surface area contributed by atoms with Crippen LogP contribution in [0.15, 0.2) is 77.7 Å². The average molecular weight is 697 g/mol. The number of hydrogen-bond donors (Lipinski definition) is 1. The predicted octanol–water partition coefficient (Wildman–Crippen LogP) is 6.60. The van der Waals surface area contributed by atoms with Crippen LogP contribution in [0.1, 0.15) is 70.0 Å². The summed E-state index contributed by atoms with van der Waals surface area (Å²) in [6.45, 7) is 13.2. The lowest BCUT2D eigenvalue weighted by Crippen LogP contribution is -2.52. The maximum atomic E-state index is 14.0. The number of hydrogen-bond acceptors (Lipinski definition) is 8. The van der Waals surface area contributed by atoms with Gasteiger partial charge in [0.25, 0.3) is 0 Å². The second-order valence-electron chi connectivity index (χ2n) is 14.0. The van der Waals surface area contributed by atoms with Crippen molar-refractivity contribution in [3.63, 3.8) is 0 Å². The van der Waals surface area contributed by atoms with Gasteiger partial charge >= 0.3 is 12.1 Å². The number of carboxylic acids is 1. The summed E-state index contributed by atoms with van der Waals surface area (Å²) in [5, 5.41) is 9.49. The molecule has 3 aromatic carbocycles. The fourth-order valence-electron chi connectivity index (χ4n) is 5.87. The summed E-state index contributed by atoms with van der Waals surface area (Å²) in [5.41, 5.74) is -0.287. The molecule has 2 atom stereocenters. The summed E-state index contributed by atoms with van der Waals surface area (Å²) < 4.78 is 53.0. The maximum absolute atomic E-state index is 14.0. The lowest BCUT2D eigenvalue weighted by atomic mass is 9.99. The van der Waals surface area contributed by atoms with Gasteiger partial charge in [-0.05, 0) is 95.0 Å². The highest BCUT2D eigenvalue weighted by molar-refractivity contribution is 7.89. The van der Waals surface area contributed by atoms with Crippen molar-refractivity contribution in [2.75, 3.05) is 20.2 Å². The van der Waals surface area contributed by atoms with Crippen LogP contribution in [0.25, 0.3) is 0 Å². The highest BCUT2D eigenvalue weighted by Gasteiger charge is 2.52. The van der Waals surface area contributed by atoms with Gasteiger partial charge in [-0.15, -0.1) is 0 Å². The van der Waals surface area contributed by atoms with Gasteiger partial charge in [-0.1, -0.05) is 44.2 Å². The molecule has 4 rings (SSSR count). The number of ether oxygens (including phenoxy) is 4. The Morgan fingerprint density at radius 3 is 2.16 bits per heavy atom. The number of nitrogens with zero attached hydrogens (tertiary/aromatic N) is 2. The molecule has 0 aromatic heterocycles. The first-order valence-electron chi connectivity index (χ1n) is 16.3. The molecule has 1 fully saturated rings. The van der Waals surface area contributed by atoms with Gasteiger partial charge in [-0.2, -0.15) is 4.31 Å². The summed E-state index contributed by atoms with van der Waals surface area (Å²) in [4.78, 5) is 27.0. The van der Waals surface area contributed by atoms with E-state index in [9.17, 15) is 23.1 Å². The van der Waals surface area contributed by atoms with Gasteiger partial charge in [-0.25, -0.2) is 18.0 Å². The van der Waals surface area contributed by atoms with Crippen LogP contribution in [-0.4, -0.2) is 78.5 Å². The third-order valence-corrected chi connectivity index (χ3v) is 9.88. The number of amides is 1. The van der Waals surface area contributed by atoms with Gasteiger partial charge in [0.05, 0.1) is 29.7 Å². The number of rotatable bonds is 13. The molecule has 0 spiro atoms. The van der Waals surface area contributed by atoms with E-state index < -0.39 is 45.6 Å². The number of methoxy groups -OCH3 is 1. The molecular formula is C37H48N2O9S. The SMILES string of the molecule is COc1ccc(S(=O)(=O)N(CC(C)C)C[C@H]2OC(C)(C)N(C(=O)OC(C)(C)C)[C@H]2Cc2ccc(OCc3ccccc3C(=O)O)cc2)cc1. The van der Waals surface area contributed by atoms with Crippen molar-refractivity contribution in [1.82, 2.24) is 9.21 Å². The van der Waals surface area contributed by atoms with Gasteiger partial charge in [0, 0.05) is 18.7 Å². The van der Waals surface area contributed by atoms with Crippen molar-refractivity contribution in [3.05, 3.63) is 89.5 Å². The third-order valence-electron chi connectivity index (χ3n) is 8.03. The zero-order valence-electron chi connectivity index (χ0n) is 29.5. The van der Waals surface area contributed by atoms with Crippen molar-refractivity contribution < 1.29 is 42.1 Å². The zero-order valence-corrected chi connectivity index (χ0v) is 30.3. The second kappa shape index (κ2) is 15.2. The van der Waals surface area contributed by atoms with Gasteiger partial charge in [0.1, 0.15) is 29.4 Å². The van der Waals surface area contributed by atoms with Crippen molar-refractivity contribution in [1.29, 1.82) is 0 Å². The summed E-state index contributed by atoms with van der Waals surface area (Å²) >= 11 is 0. The first-order chi connectivity index (χ1) is 22.9. The van der Waals surface area contributed by atoms with Crippen LogP contribution < -0.4 is 9.47 Å². The van der Waals surface area contributed by atoms with Gasteiger partial charge in [0.2, 0.25) is 10.0 Å². The molecule has 0 bridgehead atoms. The van der Waals surface area contributed by atoms with E-state index in [2.05, 4.69) is 0 Å². The lowest BCUT2D eigenvalue weighted by Gasteiger charge is -2.35. The molecule has 1 heterocycles. The van der Waals surface area contributed by atoms with Crippen LogP contribution in [0.2, 0.25) is 0 Å². The number of aromatic carboxylic acids is 1. The average Bonchev–Trinajstić information content (AvgIpc) is 3.27. The Morgan fingerprint density at radius 2 is 1.59 bits per heavy atom. The van der Waals surface area contributed by atoms with Crippen molar-refractivity contribution in [2.24, 2.45) is 5.92 Å². The summed E-state index contributed by atoms with van der Waals surface area (Å²) in [6.07, 6.45) is -0.915. The molecule has 12 heteroatoms. The van der Waals surface area contributed by atoms with E-state index in [-0.39, 0.29) is 36.1 Å². The van der Waals surface area contributed by atoms with Crippen molar-refractivity contribution in [3.8, 4) is 11.5 Å². The molecule has 0 aliphatic carbocycles. The topological polar surface area (TPSA) is 132 Å². The Kier molecular flexibility index (Phi) is 11.7. The molecule has 1 saturated heterocycles. The third kappa shape index (κ3) is 9.52. The Hall–Kier alpha value is -4.13. The van der Waals surface area contributed by atoms with E-state index in [1.54, 1.807) is 82.0 Å². The number of carbonyl (C=O) groups is 2. The van der Waals surface area contributed by atoms with Crippen LogP contribution >= 0.6 is 0 Å². The molecule has 1 aliphatic heterocycles. The normalized spacial score (nSPS) is 17.7. The molecule has 1 amide bonds. The highest BCUT2D eigenvalue weighted by Crippen LogP contribution is 2.37. The van der Waals surface area contributed by atoms with E-state index >= 15 is 0 Å². The Bertz CT molecular complexity index is 1700. The highest BCUT2D eigenvalue weighted by atomic mass is 32.2. The van der Waals surface area contributed by atoms with Gasteiger partial charge < -0.3 is 24.1 Å². The molecule has 0 radical (unpaired) electrons. The summed E-state index contributed by atoms with van der Waals surface area (Å²) in [7, 11) is -2.42. The summed E-state index contributed by atoms with van der Waals surface area (Å²) in [5.74, 6) is 0.0768. The van der Waals surface area contributed by atoms with Gasteiger partial charge in [-0.3, -0.25) is 4.90 Å². The minimum atomic E-state index is -3.94. The number of carboxylic acid groups (broad SMARTS) is 1. The van der Waals surface area contributed by atoms with Crippen LogP contribution in [-0.2, 0) is 32.5 Å². The number of carbonyl (C=O) groups excluding carboxylic acids is 1. The Labute approximate surface area is 289 Å². The van der Waals surface area contributed by atoms with E-state index in [0.717, 1.165) is 5.56 Å². The molecule has 3 aromatic rings. The van der Waals surface area contributed by atoms with Crippen LogP contribution in [0.3, 0.4) is 0 Å². The monoisotopic (exact) mass is 696 g/mol. The minimum absolute atomic E-state index is 0.00409. The molecule has 11 nitrogen and oxygen atoms in total. The van der Waals surface area contributed by atoms with E-state index in [4.69, 9.17) is 18.9 Å². The van der Waals surface area contributed by atoms with Crippen LogP contribution in [0.4, 0.5) is 4.79 Å². The molecule has 1 N–H and O–H groups in total. The molecule has 266 valence electrons. The molecule has 0 saturated carbocycles. The van der Waals surface area contributed by atoms with Crippen LogP contribution in [0, 0.1) is 5.92 Å². The van der Waals surface area contributed by atoms with E-state index in [1.165, 1.54) is 29.6 Å².